The van der Waals surface area contributed by atoms with E-state index in [0.29, 0.717) is 5.69 Å². The first kappa shape index (κ1) is 13.1. The molecule has 0 fully saturated rings. The molecule has 3 heteroatoms. The quantitative estimate of drug-likeness (QED) is 0.696. The van der Waals surface area contributed by atoms with E-state index in [9.17, 15) is 5.11 Å². The van der Waals surface area contributed by atoms with Gasteiger partial charge in [0.25, 0.3) is 0 Å². The lowest BCUT2D eigenvalue weighted by atomic mass is 10.1. The van der Waals surface area contributed by atoms with Crippen molar-refractivity contribution in [1.29, 1.82) is 0 Å². The van der Waals surface area contributed by atoms with Crippen LogP contribution in [0.25, 0.3) is 11.1 Å². The zero-order chi connectivity index (χ0) is 14.7. The summed E-state index contributed by atoms with van der Waals surface area (Å²) in [7, 11) is 0. The van der Waals surface area contributed by atoms with E-state index in [4.69, 9.17) is 10.5 Å². The lowest BCUT2D eigenvalue weighted by Crippen LogP contribution is -1.86. The number of benzene rings is 3. The average Bonchev–Trinajstić information content (AvgIpc) is 2.51. The zero-order valence-corrected chi connectivity index (χ0v) is 11.4. The van der Waals surface area contributed by atoms with Crippen LogP contribution in [0.15, 0.2) is 72.8 Å². The number of phenolic OH excluding ortho intramolecular Hbond substituents is 1. The molecule has 0 aliphatic heterocycles. The number of rotatable bonds is 3. The molecular weight excluding hydrogens is 262 g/mol. The lowest BCUT2D eigenvalue weighted by molar-refractivity contribution is 0.475. The van der Waals surface area contributed by atoms with Crippen LogP contribution in [-0.2, 0) is 0 Å². The molecule has 0 saturated carbocycles. The minimum absolute atomic E-state index is 0.266. The molecule has 0 atom stereocenters. The summed E-state index contributed by atoms with van der Waals surface area (Å²) in [5.41, 5.74) is 8.47. The second-order valence-corrected chi connectivity index (χ2v) is 4.74. The first-order chi connectivity index (χ1) is 10.2. The van der Waals surface area contributed by atoms with Crippen molar-refractivity contribution in [1.82, 2.24) is 0 Å². The van der Waals surface area contributed by atoms with Gasteiger partial charge in [-0.3, -0.25) is 0 Å². The number of nitrogens with two attached hydrogens (primary N) is 1. The molecular formula is C18H15NO2. The second kappa shape index (κ2) is 5.59. The molecule has 0 aliphatic rings. The maximum absolute atomic E-state index is 9.30. The predicted molar refractivity (Wildman–Crippen MR) is 84.5 cm³/mol. The summed E-state index contributed by atoms with van der Waals surface area (Å²) in [6.07, 6.45) is 0. The highest BCUT2D eigenvalue weighted by Gasteiger charge is 2.00. The molecule has 3 aromatic carbocycles. The highest BCUT2D eigenvalue weighted by atomic mass is 16.5. The Hall–Kier alpha value is -2.94. The van der Waals surface area contributed by atoms with Crippen LogP contribution in [0.4, 0.5) is 5.69 Å². The number of anilines is 1. The van der Waals surface area contributed by atoms with E-state index in [2.05, 4.69) is 0 Å². The zero-order valence-electron chi connectivity index (χ0n) is 11.4. The van der Waals surface area contributed by atoms with Crippen molar-refractivity contribution < 1.29 is 9.84 Å². The first-order valence-corrected chi connectivity index (χ1v) is 6.63. The second-order valence-electron chi connectivity index (χ2n) is 4.74. The van der Waals surface area contributed by atoms with Crippen molar-refractivity contribution in [3.63, 3.8) is 0 Å². The summed E-state index contributed by atoms with van der Waals surface area (Å²) in [6.45, 7) is 0. The van der Waals surface area contributed by atoms with E-state index in [0.717, 1.165) is 22.6 Å². The van der Waals surface area contributed by atoms with Crippen LogP contribution < -0.4 is 10.5 Å². The Morgan fingerprint density at radius 2 is 1.05 bits per heavy atom. The number of aromatic hydroxyl groups is 1. The van der Waals surface area contributed by atoms with Gasteiger partial charge in [-0.25, -0.2) is 0 Å². The molecule has 0 amide bonds. The maximum Gasteiger partial charge on any atom is 0.127 e. The van der Waals surface area contributed by atoms with Gasteiger partial charge in [0.1, 0.15) is 17.2 Å². The number of ether oxygens (including phenoxy) is 1. The van der Waals surface area contributed by atoms with Crippen LogP contribution in [0.1, 0.15) is 0 Å². The summed E-state index contributed by atoms with van der Waals surface area (Å²) in [4.78, 5) is 0. The SMILES string of the molecule is Nc1ccc(Oc2ccc(-c3ccc(O)cc3)cc2)cc1. The normalized spacial score (nSPS) is 10.3. The monoisotopic (exact) mass is 277 g/mol. The fourth-order valence-corrected chi connectivity index (χ4v) is 2.04. The van der Waals surface area contributed by atoms with Crippen molar-refractivity contribution in [3.05, 3.63) is 72.8 Å². The Kier molecular flexibility index (Phi) is 3.48. The molecule has 0 bridgehead atoms. The smallest absolute Gasteiger partial charge is 0.127 e. The number of nitrogen functional groups attached to an aromatic ring is 1. The van der Waals surface area contributed by atoms with Crippen LogP contribution in [0.3, 0.4) is 0 Å². The first-order valence-electron chi connectivity index (χ1n) is 6.63. The third kappa shape index (κ3) is 3.15. The molecule has 0 spiro atoms. The van der Waals surface area contributed by atoms with Gasteiger partial charge in [0.15, 0.2) is 0 Å². The third-order valence-corrected chi connectivity index (χ3v) is 3.17. The Morgan fingerprint density at radius 1 is 0.619 bits per heavy atom. The average molecular weight is 277 g/mol. The Balaban J connectivity index is 1.77. The minimum Gasteiger partial charge on any atom is -0.508 e. The number of phenols is 1. The molecule has 0 radical (unpaired) electrons. The molecule has 0 aliphatic carbocycles. The van der Waals surface area contributed by atoms with Crippen molar-refractivity contribution in [3.8, 4) is 28.4 Å². The topological polar surface area (TPSA) is 55.5 Å². The molecule has 3 N–H and O–H groups in total. The molecule has 0 saturated heterocycles. The standard InChI is InChI=1S/C18H15NO2/c19-15-5-11-18(12-6-15)21-17-9-3-14(4-10-17)13-1-7-16(20)8-2-13/h1-12,20H,19H2. The summed E-state index contributed by atoms with van der Waals surface area (Å²) in [5.74, 6) is 1.78. The van der Waals surface area contributed by atoms with Gasteiger partial charge in [0, 0.05) is 5.69 Å². The van der Waals surface area contributed by atoms with Gasteiger partial charge >= 0.3 is 0 Å². The van der Waals surface area contributed by atoms with Gasteiger partial charge in [-0.15, -0.1) is 0 Å². The summed E-state index contributed by atoms with van der Waals surface area (Å²) < 4.78 is 5.75. The molecule has 3 aromatic rings. The largest absolute Gasteiger partial charge is 0.508 e. The maximum atomic E-state index is 9.30. The van der Waals surface area contributed by atoms with Crippen LogP contribution in [0.5, 0.6) is 17.2 Å². The van der Waals surface area contributed by atoms with Crippen molar-refractivity contribution in [2.45, 2.75) is 0 Å². The molecule has 3 nitrogen and oxygen atoms in total. The van der Waals surface area contributed by atoms with Gasteiger partial charge in [-0.2, -0.15) is 0 Å². The third-order valence-electron chi connectivity index (χ3n) is 3.17. The summed E-state index contributed by atoms with van der Waals surface area (Å²) in [6, 6.07) is 22.2. The Bertz CT molecular complexity index is 717. The van der Waals surface area contributed by atoms with E-state index in [1.807, 2.05) is 48.5 Å². The summed E-state index contributed by atoms with van der Waals surface area (Å²) in [5, 5.41) is 9.30. The van der Waals surface area contributed by atoms with Crippen LogP contribution in [0, 0.1) is 0 Å². The molecule has 0 aromatic heterocycles. The van der Waals surface area contributed by atoms with E-state index in [-0.39, 0.29) is 5.75 Å². The van der Waals surface area contributed by atoms with Gasteiger partial charge in [0.05, 0.1) is 0 Å². The van der Waals surface area contributed by atoms with E-state index in [1.54, 1.807) is 24.3 Å². The van der Waals surface area contributed by atoms with Gasteiger partial charge in [-0.1, -0.05) is 24.3 Å². The van der Waals surface area contributed by atoms with Gasteiger partial charge in [-0.05, 0) is 59.7 Å². The fourth-order valence-electron chi connectivity index (χ4n) is 2.04. The fraction of sp³-hybridized carbons (Fsp3) is 0. The molecule has 21 heavy (non-hydrogen) atoms. The van der Waals surface area contributed by atoms with Crippen LogP contribution >= 0.6 is 0 Å². The highest BCUT2D eigenvalue weighted by molar-refractivity contribution is 5.64. The molecule has 0 unspecified atom stereocenters. The minimum atomic E-state index is 0.266. The van der Waals surface area contributed by atoms with Crippen LogP contribution in [-0.4, -0.2) is 5.11 Å². The van der Waals surface area contributed by atoms with Crippen molar-refractivity contribution in [2.24, 2.45) is 0 Å². The highest BCUT2D eigenvalue weighted by Crippen LogP contribution is 2.27. The van der Waals surface area contributed by atoms with E-state index < -0.39 is 0 Å². The number of hydrogen-bond donors (Lipinski definition) is 2. The van der Waals surface area contributed by atoms with Crippen molar-refractivity contribution in [2.75, 3.05) is 5.73 Å². The van der Waals surface area contributed by atoms with E-state index in [1.165, 1.54) is 0 Å². The Morgan fingerprint density at radius 3 is 1.57 bits per heavy atom. The van der Waals surface area contributed by atoms with Gasteiger partial charge < -0.3 is 15.6 Å². The Labute approximate surface area is 123 Å². The molecule has 3 rings (SSSR count). The van der Waals surface area contributed by atoms with Crippen molar-refractivity contribution >= 4 is 5.69 Å². The van der Waals surface area contributed by atoms with Gasteiger partial charge in [0.2, 0.25) is 0 Å². The predicted octanol–water partition coefficient (Wildman–Crippen LogP) is 4.43. The molecule has 104 valence electrons. The summed E-state index contributed by atoms with van der Waals surface area (Å²) >= 11 is 0. The molecule has 0 heterocycles. The van der Waals surface area contributed by atoms with Crippen LogP contribution in [0.2, 0.25) is 0 Å². The lowest BCUT2D eigenvalue weighted by Gasteiger charge is -2.07. The van der Waals surface area contributed by atoms with E-state index >= 15 is 0 Å². The number of hydrogen-bond acceptors (Lipinski definition) is 3.